The van der Waals surface area contributed by atoms with E-state index in [0.29, 0.717) is 24.7 Å². The first-order valence-electron chi connectivity index (χ1n) is 3.66. The number of azide groups is 1. The zero-order valence-electron chi connectivity index (χ0n) is 7.10. The van der Waals surface area contributed by atoms with Gasteiger partial charge in [-0.1, -0.05) is 5.11 Å². The Kier molecular flexibility index (Phi) is 8.10. The van der Waals surface area contributed by atoms with Gasteiger partial charge >= 0.3 is 0 Å². The lowest BCUT2D eigenvalue weighted by molar-refractivity contribution is 0.200. The van der Waals surface area contributed by atoms with Crippen LogP contribution >= 0.6 is 0 Å². The highest BCUT2D eigenvalue weighted by molar-refractivity contribution is 7.84. The molecule has 0 aliphatic heterocycles. The van der Waals surface area contributed by atoms with Crippen LogP contribution in [0.2, 0.25) is 0 Å². The standard InChI is InChI=1S/C6H13N3O2S/c1-11-4-2-5-12(10)6-3-8-9-7/h2-6H2,1H3. The molecule has 0 aromatic heterocycles. The molecule has 5 nitrogen and oxygen atoms in total. The van der Waals surface area contributed by atoms with Crippen molar-refractivity contribution < 1.29 is 8.95 Å². The summed E-state index contributed by atoms with van der Waals surface area (Å²) >= 11 is 0. The fourth-order valence-corrected chi connectivity index (χ4v) is 1.58. The van der Waals surface area contributed by atoms with Crippen molar-refractivity contribution in [1.82, 2.24) is 0 Å². The van der Waals surface area contributed by atoms with Gasteiger partial charge < -0.3 is 4.74 Å². The summed E-state index contributed by atoms with van der Waals surface area (Å²) in [6.45, 7) is 0.948. The van der Waals surface area contributed by atoms with Gasteiger partial charge in [0.15, 0.2) is 0 Å². The molecule has 0 saturated heterocycles. The Morgan fingerprint density at radius 3 is 2.92 bits per heavy atom. The molecule has 0 aromatic rings. The molecule has 0 saturated carbocycles. The van der Waals surface area contributed by atoms with Crippen molar-refractivity contribution in [3.8, 4) is 0 Å². The molecule has 12 heavy (non-hydrogen) atoms. The third-order valence-corrected chi connectivity index (χ3v) is 2.58. The van der Waals surface area contributed by atoms with Crippen LogP contribution in [0.3, 0.4) is 0 Å². The van der Waals surface area contributed by atoms with E-state index in [1.807, 2.05) is 0 Å². The Hall–Kier alpha value is -0.580. The van der Waals surface area contributed by atoms with Crippen molar-refractivity contribution in [2.45, 2.75) is 6.42 Å². The van der Waals surface area contributed by atoms with Crippen LogP contribution in [0, 0.1) is 0 Å². The van der Waals surface area contributed by atoms with Crippen molar-refractivity contribution in [3.05, 3.63) is 10.4 Å². The lowest BCUT2D eigenvalue weighted by Gasteiger charge is -1.98. The maximum absolute atomic E-state index is 11.1. The van der Waals surface area contributed by atoms with Gasteiger partial charge in [-0.25, -0.2) is 0 Å². The van der Waals surface area contributed by atoms with Crippen LogP contribution in [-0.4, -0.2) is 36.0 Å². The summed E-state index contributed by atoms with van der Waals surface area (Å²) in [5, 5.41) is 3.30. The van der Waals surface area contributed by atoms with E-state index in [4.69, 9.17) is 10.3 Å². The van der Waals surface area contributed by atoms with Crippen LogP contribution in [0.4, 0.5) is 0 Å². The molecule has 0 bridgehead atoms. The van der Waals surface area contributed by atoms with Crippen LogP contribution in [0.5, 0.6) is 0 Å². The average Bonchev–Trinajstić information content (AvgIpc) is 2.06. The van der Waals surface area contributed by atoms with Gasteiger partial charge in [0, 0.05) is 47.5 Å². The first kappa shape index (κ1) is 11.4. The predicted molar refractivity (Wildman–Crippen MR) is 48.4 cm³/mol. The molecule has 1 unspecified atom stereocenters. The largest absolute Gasteiger partial charge is 0.385 e. The maximum atomic E-state index is 11.1. The van der Waals surface area contributed by atoms with Gasteiger partial charge in [-0.05, 0) is 12.0 Å². The van der Waals surface area contributed by atoms with Crippen molar-refractivity contribution in [2.24, 2.45) is 5.11 Å². The second-order valence-electron chi connectivity index (χ2n) is 2.15. The lowest BCUT2D eigenvalue weighted by Crippen LogP contribution is -2.06. The zero-order chi connectivity index (χ0) is 9.23. The Morgan fingerprint density at radius 2 is 2.33 bits per heavy atom. The van der Waals surface area contributed by atoms with Crippen LogP contribution in [0.1, 0.15) is 6.42 Å². The number of rotatable bonds is 7. The summed E-state index contributed by atoms with van der Waals surface area (Å²) in [7, 11) is 0.746. The van der Waals surface area contributed by atoms with Crippen LogP contribution in [0.25, 0.3) is 10.4 Å². The monoisotopic (exact) mass is 191 g/mol. The molecular weight excluding hydrogens is 178 g/mol. The highest BCUT2D eigenvalue weighted by atomic mass is 32.2. The smallest absolute Gasteiger partial charge is 0.0471 e. The van der Waals surface area contributed by atoms with Gasteiger partial charge in [0.05, 0.1) is 0 Å². The van der Waals surface area contributed by atoms with E-state index in [2.05, 4.69) is 10.0 Å². The topological polar surface area (TPSA) is 75.1 Å². The van der Waals surface area contributed by atoms with Crippen molar-refractivity contribution in [2.75, 3.05) is 31.8 Å². The number of hydrogen-bond acceptors (Lipinski definition) is 3. The molecule has 1 atom stereocenters. The molecule has 0 fully saturated rings. The zero-order valence-corrected chi connectivity index (χ0v) is 7.92. The van der Waals surface area contributed by atoms with E-state index >= 15 is 0 Å². The van der Waals surface area contributed by atoms with E-state index in [0.717, 1.165) is 6.42 Å². The van der Waals surface area contributed by atoms with E-state index in [9.17, 15) is 4.21 Å². The fraction of sp³-hybridized carbons (Fsp3) is 1.00. The molecule has 0 heterocycles. The van der Waals surface area contributed by atoms with E-state index in [1.165, 1.54) is 0 Å². The molecule has 0 amide bonds. The summed E-state index contributed by atoms with van der Waals surface area (Å²) in [6, 6.07) is 0. The minimum Gasteiger partial charge on any atom is -0.385 e. The van der Waals surface area contributed by atoms with Crippen LogP contribution in [0.15, 0.2) is 5.11 Å². The molecule has 0 aromatic carbocycles. The molecular formula is C6H13N3O2S. The maximum Gasteiger partial charge on any atom is 0.0471 e. The summed E-state index contributed by atoms with van der Waals surface area (Å²) in [4.78, 5) is 2.57. The van der Waals surface area contributed by atoms with Crippen molar-refractivity contribution in [3.63, 3.8) is 0 Å². The Labute approximate surface area is 74.2 Å². The summed E-state index contributed by atoms with van der Waals surface area (Å²) in [5.74, 6) is 1.07. The molecule has 0 radical (unpaired) electrons. The Bertz CT molecular complexity index is 180. The average molecular weight is 191 g/mol. The Morgan fingerprint density at radius 1 is 1.58 bits per heavy atom. The van der Waals surface area contributed by atoms with Crippen molar-refractivity contribution >= 4 is 10.8 Å². The number of hydrogen-bond donors (Lipinski definition) is 0. The third kappa shape index (κ3) is 7.53. The normalized spacial score (nSPS) is 12.1. The van der Waals surface area contributed by atoms with E-state index < -0.39 is 10.8 Å². The first-order chi connectivity index (χ1) is 5.81. The highest BCUT2D eigenvalue weighted by Gasteiger charge is 1.97. The highest BCUT2D eigenvalue weighted by Crippen LogP contribution is 1.89. The SMILES string of the molecule is COCCCS(=O)CCN=[N+]=[N-]. The van der Waals surface area contributed by atoms with Gasteiger partial charge in [0.1, 0.15) is 0 Å². The molecule has 0 aliphatic carbocycles. The molecule has 6 heteroatoms. The molecule has 0 spiro atoms. The van der Waals surface area contributed by atoms with Gasteiger partial charge in [-0.15, -0.1) is 0 Å². The number of ether oxygens (including phenoxy) is 1. The lowest BCUT2D eigenvalue weighted by atomic mass is 10.5. The minimum absolute atomic E-state index is 0.316. The summed E-state index contributed by atoms with van der Waals surface area (Å²) in [6.07, 6.45) is 0.791. The molecule has 0 N–H and O–H groups in total. The van der Waals surface area contributed by atoms with E-state index in [1.54, 1.807) is 7.11 Å². The third-order valence-electron chi connectivity index (χ3n) is 1.20. The van der Waals surface area contributed by atoms with Gasteiger partial charge in [-0.2, -0.15) is 0 Å². The molecule has 0 rings (SSSR count). The minimum atomic E-state index is -0.868. The van der Waals surface area contributed by atoms with Crippen molar-refractivity contribution in [1.29, 1.82) is 0 Å². The predicted octanol–water partition coefficient (Wildman–Crippen LogP) is 1.08. The first-order valence-corrected chi connectivity index (χ1v) is 5.15. The second kappa shape index (κ2) is 8.52. The second-order valence-corrected chi connectivity index (χ2v) is 3.85. The number of methoxy groups -OCH3 is 1. The number of nitrogens with zero attached hydrogens (tertiary/aromatic N) is 3. The van der Waals surface area contributed by atoms with Gasteiger partial charge in [-0.3, -0.25) is 4.21 Å². The Balaban J connectivity index is 3.27. The van der Waals surface area contributed by atoms with Crippen LogP contribution in [-0.2, 0) is 15.5 Å². The van der Waals surface area contributed by atoms with E-state index in [-0.39, 0.29) is 0 Å². The molecule has 0 aliphatic rings. The quantitative estimate of drug-likeness (QED) is 0.261. The van der Waals surface area contributed by atoms with Gasteiger partial charge in [0.25, 0.3) is 0 Å². The summed E-state index contributed by atoms with van der Waals surface area (Å²) in [5.41, 5.74) is 7.93. The van der Waals surface area contributed by atoms with Gasteiger partial charge in [0.2, 0.25) is 0 Å². The fourth-order valence-electron chi connectivity index (χ4n) is 0.654. The summed E-state index contributed by atoms with van der Waals surface area (Å²) < 4.78 is 15.9. The molecule has 70 valence electrons. The van der Waals surface area contributed by atoms with Crippen LogP contribution < -0.4 is 0 Å².